The number of rotatable bonds is 10. The summed E-state index contributed by atoms with van der Waals surface area (Å²) in [6.45, 7) is -3.68. The fraction of sp³-hybridized carbons (Fsp3) is 0.778. The molecule has 0 radical (unpaired) electrons. The van der Waals surface area contributed by atoms with Gasteiger partial charge in [-0.25, -0.2) is 0 Å². The van der Waals surface area contributed by atoms with Crippen LogP contribution in [0, 0.1) is 22.7 Å². The first kappa shape index (κ1) is 17.4. The van der Waals surface area contributed by atoms with Crippen LogP contribution in [0.15, 0.2) is 0 Å². The predicted molar refractivity (Wildman–Crippen MR) is 65.7 cm³/mol. The largest absolute Gasteiger partial charge is 0.394 e. The van der Waals surface area contributed by atoms with Crippen molar-refractivity contribution in [2.24, 2.45) is 0 Å². The molecule has 18 heavy (non-hydrogen) atoms. The van der Waals surface area contributed by atoms with Gasteiger partial charge in [-0.1, -0.05) is 0 Å². The Labute approximate surface area is 111 Å². The Morgan fingerprint density at radius 1 is 1.11 bits per heavy atom. The van der Waals surface area contributed by atoms with Crippen molar-refractivity contribution in [1.29, 1.82) is 10.5 Å². The highest BCUT2D eigenvalue weighted by molar-refractivity contribution is 8.07. The second-order valence-electron chi connectivity index (χ2n) is 3.06. The van der Waals surface area contributed by atoms with E-state index in [1.54, 1.807) is 0 Å². The molecule has 0 heterocycles. The van der Waals surface area contributed by atoms with Crippen LogP contribution in [0.1, 0.15) is 12.8 Å². The van der Waals surface area contributed by atoms with Crippen molar-refractivity contribution < 1.29 is 23.8 Å². The van der Waals surface area contributed by atoms with Gasteiger partial charge in [-0.15, -0.1) is 0 Å². The van der Waals surface area contributed by atoms with Crippen molar-refractivity contribution in [1.82, 2.24) is 0 Å². The molecule has 0 aliphatic rings. The topological polar surface area (TPSA) is 116 Å². The number of nitrogens with zero attached hydrogens (tertiary/aromatic N) is 2. The maximum Gasteiger partial charge on any atom is 0.327 e. The molecule has 102 valence electrons. The number of hydrogen-bond donors (Lipinski definition) is 2. The number of aliphatic hydroxyl groups is 2. The monoisotopic (exact) mass is 294 g/mol. The van der Waals surface area contributed by atoms with Crippen molar-refractivity contribution in [2.75, 3.05) is 26.4 Å². The highest BCUT2D eigenvalue weighted by Gasteiger charge is 2.22. The Morgan fingerprint density at radius 2 is 1.61 bits per heavy atom. The van der Waals surface area contributed by atoms with E-state index in [0.29, 0.717) is 0 Å². The van der Waals surface area contributed by atoms with E-state index >= 15 is 0 Å². The van der Waals surface area contributed by atoms with Gasteiger partial charge in [0.15, 0.2) is 0 Å². The molecule has 9 heteroatoms. The number of nitriles is 2. The SMILES string of the molecule is N#CCCOP(=S)(OCCC#N)OC[C@@H](O)CO. The lowest BCUT2D eigenvalue weighted by molar-refractivity contribution is 0.0410. The summed E-state index contributed by atoms with van der Waals surface area (Å²) < 4.78 is 15.5. The fourth-order valence-electron chi connectivity index (χ4n) is 0.748. The van der Waals surface area contributed by atoms with Gasteiger partial charge in [-0.2, -0.15) is 10.5 Å². The minimum absolute atomic E-state index is 0.0511. The van der Waals surface area contributed by atoms with Gasteiger partial charge < -0.3 is 23.8 Å². The van der Waals surface area contributed by atoms with Gasteiger partial charge in [0, 0.05) is 0 Å². The van der Waals surface area contributed by atoms with Crippen molar-refractivity contribution >= 4 is 18.5 Å². The molecule has 7 nitrogen and oxygen atoms in total. The molecule has 0 saturated heterocycles. The number of aliphatic hydroxyl groups excluding tert-OH is 2. The lowest BCUT2D eigenvalue weighted by atomic mass is 10.4. The van der Waals surface area contributed by atoms with Crippen LogP contribution in [0.4, 0.5) is 0 Å². The third-order valence-corrected chi connectivity index (χ3v) is 3.97. The third-order valence-electron chi connectivity index (χ3n) is 1.56. The molecule has 0 aliphatic heterocycles. The summed E-state index contributed by atoms with van der Waals surface area (Å²) >= 11 is 5.03. The van der Waals surface area contributed by atoms with Gasteiger partial charge in [0.2, 0.25) is 0 Å². The molecule has 0 aromatic rings. The average molecular weight is 294 g/mol. The lowest BCUT2D eigenvalue weighted by Crippen LogP contribution is -2.19. The minimum Gasteiger partial charge on any atom is -0.394 e. The molecular weight excluding hydrogens is 279 g/mol. The second kappa shape index (κ2) is 10.4. The first-order valence-corrected chi connectivity index (χ1v) is 7.70. The van der Waals surface area contributed by atoms with E-state index in [9.17, 15) is 0 Å². The summed E-state index contributed by atoms with van der Waals surface area (Å²) in [5.41, 5.74) is 0. The zero-order valence-corrected chi connectivity index (χ0v) is 11.4. The third kappa shape index (κ3) is 8.51. The van der Waals surface area contributed by atoms with Crippen LogP contribution in [0.2, 0.25) is 0 Å². The van der Waals surface area contributed by atoms with Gasteiger partial charge in [-0.05, 0) is 11.8 Å². The van der Waals surface area contributed by atoms with Crippen LogP contribution in [0.25, 0.3) is 0 Å². The smallest absolute Gasteiger partial charge is 0.327 e. The molecular formula is C9H15N2O5PS. The highest BCUT2D eigenvalue weighted by Crippen LogP contribution is 2.50. The Balaban J connectivity index is 4.26. The Bertz CT molecular complexity index is 330. The Morgan fingerprint density at radius 3 is 2.00 bits per heavy atom. The Kier molecular flexibility index (Phi) is 10.0. The molecule has 0 aromatic carbocycles. The van der Waals surface area contributed by atoms with Crippen molar-refractivity contribution in [2.45, 2.75) is 18.9 Å². The van der Waals surface area contributed by atoms with Crippen LogP contribution in [-0.2, 0) is 25.4 Å². The maximum absolute atomic E-state index is 9.15. The Hall–Kier alpha value is -0.570. The van der Waals surface area contributed by atoms with E-state index in [2.05, 4.69) is 0 Å². The first-order chi connectivity index (χ1) is 8.58. The van der Waals surface area contributed by atoms with Crippen LogP contribution >= 0.6 is 6.72 Å². The summed E-state index contributed by atoms with van der Waals surface area (Å²) in [6, 6.07) is 3.75. The zero-order valence-electron chi connectivity index (χ0n) is 9.69. The minimum atomic E-state index is -3.09. The van der Waals surface area contributed by atoms with Crippen molar-refractivity contribution in [3.05, 3.63) is 0 Å². The number of hydrogen-bond acceptors (Lipinski definition) is 8. The zero-order chi connectivity index (χ0) is 13.9. The van der Waals surface area contributed by atoms with E-state index in [1.165, 1.54) is 0 Å². The predicted octanol–water partition coefficient (Wildman–Crippen LogP) is 0.441. The summed E-state index contributed by atoms with van der Waals surface area (Å²) in [5.74, 6) is 0. The molecule has 0 spiro atoms. The van der Waals surface area contributed by atoms with E-state index in [4.69, 9.17) is 46.1 Å². The summed E-state index contributed by atoms with van der Waals surface area (Å²) in [6.07, 6.45) is -0.816. The van der Waals surface area contributed by atoms with Gasteiger partial charge in [0.05, 0.1) is 51.4 Å². The van der Waals surface area contributed by atoms with Crippen molar-refractivity contribution in [3.8, 4) is 12.1 Å². The average Bonchev–Trinajstić information content (AvgIpc) is 2.37. The standard InChI is InChI=1S/C9H15N2O5PS/c10-3-1-5-14-17(18,15-6-2-4-11)16-8-9(13)7-12/h9,12-13H,1-2,5-8H2/t9-/m0/s1. The molecule has 0 unspecified atom stereocenters. The highest BCUT2D eigenvalue weighted by atomic mass is 32.5. The summed E-state index contributed by atoms with van der Waals surface area (Å²) in [5, 5.41) is 34.6. The molecule has 0 fully saturated rings. The normalized spacial score (nSPS) is 12.7. The maximum atomic E-state index is 9.15. The van der Waals surface area contributed by atoms with Crippen LogP contribution in [0.5, 0.6) is 0 Å². The first-order valence-electron chi connectivity index (χ1n) is 5.14. The van der Waals surface area contributed by atoms with Crippen LogP contribution in [-0.4, -0.2) is 42.7 Å². The fourth-order valence-corrected chi connectivity index (χ4v) is 2.59. The van der Waals surface area contributed by atoms with Gasteiger partial charge in [0.1, 0.15) is 6.10 Å². The molecule has 0 aliphatic carbocycles. The van der Waals surface area contributed by atoms with Gasteiger partial charge >= 0.3 is 6.72 Å². The molecule has 0 bridgehead atoms. The van der Waals surface area contributed by atoms with E-state index in [0.717, 1.165) is 0 Å². The van der Waals surface area contributed by atoms with Crippen LogP contribution < -0.4 is 0 Å². The van der Waals surface area contributed by atoms with Crippen LogP contribution in [0.3, 0.4) is 0 Å². The van der Waals surface area contributed by atoms with E-state index in [-0.39, 0.29) is 32.7 Å². The van der Waals surface area contributed by atoms with E-state index in [1.807, 2.05) is 12.1 Å². The quantitative estimate of drug-likeness (QED) is 0.440. The second-order valence-corrected chi connectivity index (χ2v) is 6.07. The summed E-state index contributed by atoms with van der Waals surface area (Å²) in [7, 11) is 0. The lowest BCUT2D eigenvalue weighted by Gasteiger charge is -2.22. The molecule has 1 atom stereocenters. The molecule has 2 N–H and O–H groups in total. The summed E-state index contributed by atoms with van der Waals surface area (Å²) in [4.78, 5) is 0. The van der Waals surface area contributed by atoms with E-state index < -0.39 is 19.4 Å². The van der Waals surface area contributed by atoms with Gasteiger partial charge in [-0.3, -0.25) is 0 Å². The van der Waals surface area contributed by atoms with Crippen molar-refractivity contribution in [3.63, 3.8) is 0 Å². The van der Waals surface area contributed by atoms with Gasteiger partial charge in [0.25, 0.3) is 0 Å². The molecule has 0 saturated carbocycles. The molecule has 0 rings (SSSR count). The molecule has 0 aromatic heterocycles. The molecule has 0 amide bonds.